The Morgan fingerprint density at radius 2 is 2.30 bits per heavy atom. The number of nitrogens with one attached hydrogen (secondary N) is 1. The molecule has 2 fully saturated rings. The Morgan fingerprint density at radius 3 is 2.85 bits per heavy atom. The Labute approximate surface area is 119 Å². The zero-order valence-corrected chi connectivity index (χ0v) is 12.2. The molecule has 7 heteroatoms. The van der Waals surface area contributed by atoms with Crippen LogP contribution in [0, 0.1) is 12.3 Å². The highest BCUT2D eigenvalue weighted by Crippen LogP contribution is 2.19. The lowest BCUT2D eigenvalue weighted by molar-refractivity contribution is -0.133. The van der Waals surface area contributed by atoms with Crippen LogP contribution in [0.3, 0.4) is 0 Å². The van der Waals surface area contributed by atoms with E-state index < -0.39 is 9.84 Å². The average Bonchev–Trinajstić information content (AvgIpc) is 2.77. The zero-order valence-electron chi connectivity index (χ0n) is 11.4. The SMILES string of the molecule is C#CCN(C(=O)CC1COCCN1)C1CCS(=O)(=O)C1. The Balaban J connectivity index is 1.97. The topological polar surface area (TPSA) is 75.7 Å². The van der Waals surface area contributed by atoms with Gasteiger partial charge in [0, 0.05) is 25.0 Å². The fourth-order valence-corrected chi connectivity index (χ4v) is 4.35. The molecule has 1 N–H and O–H groups in total. The number of morpholine rings is 1. The number of hydrogen-bond acceptors (Lipinski definition) is 5. The summed E-state index contributed by atoms with van der Waals surface area (Å²) in [5, 5.41) is 3.21. The third-order valence-corrected chi connectivity index (χ3v) is 5.40. The molecule has 6 nitrogen and oxygen atoms in total. The minimum Gasteiger partial charge on any atom is -0.378 e. The van der Waals surface area contributed by atoms with Gasteiger partial charge in [-0.1, -0.05) is 5.92 Å². The maximum absolute atomic E-state index is 12.3. The van der Waals surface area contributed by atoms with Crippen molar-refractivity contribution in [2.45, 2.75) is 24.9 Å². The summed E-state index contributed by atoms with van der Waals surface area (Å²) in [5.41, 5.74) is 0. The molecular weight excluding hydrogens is 280 g/mol. The molecule has 2 saturated heterocycles. The maximum atomic E-state index is 12.3. The molecule has 1 amide bonds. The number of amides is 1. The Hall–Kier alpha value is -1.10. The van der Waals surface area contributed by atoms with Crippen LogP contribution in [0.4, 0.5) is 0 Å². The summed E-state index contributed by atoms with van der Waals surface area (Å²) in [7, 11) is -3.03. The van der Waals surface area contributed by atoms with E-state index in [4.69, 9.17) is 11.2 Å². The molecule has 2 aliphatic rings. The van der Waals surface area contributed by atoms with E-state index in [9.17, 15) is 13.2 Å². The molecule has 2 aliphatic heterocycles. The summed E-state index contributed by atoms with van der Waals surface area (Å²) in [6, 6.07) is -0.303. The molecule has 0 saturated carbocycles. The van der Waals surface area contributed by atoms with E-state index in [1.807, 2.05) is 0 Å². The molecule has 20 heavy (non-hydrogen) atoms. The van der Waals surface area contributed by atoms with Gasteiger partial charge in [-0.3, -0.25) is 4.79 Å². The van der Waals surface area contributed by atoms with Gasteiger partial charge in [-0.15, -0.1) is 6.42 Å². The standard InChI is InChI=1S/C13H20N2O4S/c1-2-5-15(12-3-7-20(17,18)10-12)13(16)8-11-9-19-6-4-14-11/h1,11-12,14H,3-10H2. The smallest absolute Gasteiger partial charge is 0.225 e. The summed E-state index contributed by atoms with van der Waals surface area (Å²) < 4.78 is 28.4. The largest absolute Gasteiger partial charge is 0.378 e. The van der Waals surface area contributed by atoms with Crippen LogP contribution in [0.15, 0.2) is 0 Å². The van der Waals surface area contributed by atoms with Crippen LogP contribution >= 0.6 is 0 Å². The van der Waals surface area contributed by atoms with E-state index in [0.717, 1.165) is 6.54 Å². The van der Waals surface area contributed by atoms with Gasteiger partial charge in [0.25, 0.3) is 0 Å². The normalized spacial score (nSPS) is 28.8. The van der Waals surface area contributed by atoms with Crippen LogP contribution in [0.5, 0.6) is 0 Å². The van der Waals surface area contributed by atoms with Crippen molar-refractivity contribution in [1.82, 2.24) is 10.2 Å². The Morgan fingerprint density at radius 1 is 1.50 bits per heavy atom. The maximum Gasteiger partial charge on any atom is 0.225 e. The molecule has 0 radical (unpaired) electrons. The number of ether oxygens (including phenoxy) is 1. The number of rotatable bonds is 4. The van der Waals surface area contributed by atoms with Gasteiger partial charge < -0.3 is 15.0 Å². The highest BCUT2D eigenvalue weighted by atomic mass is 32.2. The summed E-state index contributed by atoms with van der Waals surface area (Å²) in [6.45, 7) is 2.04. The van der Waals surface area contributed by atoms with Crippen molar-refractivity contribution in [3.8, 4) is 12.3 Å². The molecule has 0 bridgehead atoms. The summed E-state index contributed by atoms with van der Waals surface area (Å²) in [6.07, 6.45) is 6.07. The lowest BCUT2D eigenvalue weighted by Gasteiger charge is -2.29. The van der Waals surface area contributed by atoms with Crippen LogP contribution < -0.4 is 5.32 Å². The van der Waals surface area contributed by atoms with Gasteiger partial charge in [0.2, 0.25) is 5.91 Å². The molecular formula is C13H20N2O4S. The monoisotopic (exact) mass is 300 g/mol. The molecule has 2 unspecified atom stereocenters. The van der Waals surface area contributed by atoms with Crippen molar-refractivity contribution in [2.24, 2.45) is 0 Å². The van der Waals surface area contributed by atoms with Crippen LogP contribution in [-0.4, -0.2) is 69.1 Å². The highest BCUT2D eigenvalue weighted by Gasteiger charge is 2.34. The number of hydrogen-bond donors (Lipinski definition) is 1. The molecule has 2 heterocycles. The number of nitrogens with zero attached hydrogens (tertiary/aromatic N) is 1. The lowest BCUT2D eigenvalue weighted by Crippen LogP contribution is -2.47. The molecule has 0 aromatic heterocycles. The number of carbonyl (C=O) groups is 1. The predicted octanol–water partition coefficient (Wildman–Crippen LogP) is -0.986. The van der Waals surface area contributed by atoms with Crippen molar-refractivity contribution in [1.29, 1.82) is 0 Å². The van der Waals surface area contributed by atoms with E-state index in [-0.39, 0.29) is 42.5 Å². The van der Waals surface area contributed by atoms with E-state index in [0.29, 0.717) is 19.6 Å². The van der Waals surface area contributed by atoms with Crippen LogP contribution in [0.2, 0.25) is 0 Å². The lowest BCUT2D eigenvalue weighted by atomic mass is 10.1. The van der Waals surface area contributed by atoms with E-state index in [1.165, 1.54) is 4.90 Å². The second-order valence-electron chi connectivity index (χ2n) is 5.21. The van der Waals surface area contributed by atoms with Crippen molar-refractivity contribution >= 4 is 15.7 Å². The minimum atomic E-state index is -3.03. The van der Waals surface area contributed by atoms with Crippen molar-refractivity contribution < 1.29 is 17.9 Å². The second-order valence-corrected chi connectivity index (χ2v) is 7.44. The molecule has 2 rings (SSSR count). The van der Waals surface area contributed by atoms with E-state index in [2.05, 4.69) is 11.2 Å². The Kier molecular flexibility index (Phi) is 5.02. The van der Waals surface area contributed by atoms with Gasteiger partial charge in [0.15, 0.2) is 9.84 Å². The minimum absolute atomic E-state index is 0.0189. The number of terminal acetylenes is 1. The second kappa shape index (κ2) is 6.57. The van der Waals surface area contributed by atoms with Crippen LogP contribution in [-0.2, 0) is 19.4 Å². The molecule has 0 aromatic carbocycles. The van der Waals surface area contributed by atoms with Gasteiger partial charge in [0.05, 0.1) is 31.3 Å². The summed E-state index contributed by atoms with van der Waals surface area (Å²) >= 11 is 0. The fraction of sp³-hybridized carbons (Fsp3) is 0.769. The predicted molar refractivity (Wildman–Crippen MR) is 74.8 cm³/mol. The third-order valence-electron chi connectivity index (χ3n) is 3.65. The molecule has 2 atom stereocenters. The first-order chi connectivity index (χ1) is 9.52. The molecule has 112 valence electrons. The third kappa shape index (κ3) is 3.95. The van der Waals surface area contributed by atoms with Gasteiger partial charge in [-0.05, 0) is 6.42 Å². The van der Waals surface area contributed by atoms with Gasteiger partial charge in [-0.2, -0.15) is 0 Å². The fourth-order valence-electron chi connectivity index (χ4n) is 2.62. The zero-order chi connectivity index (χ0) is 14.6. The summed E-state index contributed by atoms with van der Waals surface area (Å²) in [5.74, 6) is 2.50. The van der Waals surface area contributed by atoms with Gasteiger partial charge in [0.1, 0.15) is 0 Å². The van der Waals surface area contributed by atoms with Crippen molar-refractivity contribution in [2.75, 3.05) is 37.8 Å². The highest BCUT2D eigenvalue weighted by molar-refractivity contribution is 7.91. The van der Waals surface area contributed by atoms with Crippen LogP contribution in [0.25, 0.3) is 0 Å². The average molecular weight is 300 g/mol. The van der Waals surface area contributed by atoms with Crippen molar-refractivity contribution in [3.63, 3.8) is 0 Å². The quantitative estimate of drug-likeness (QED) is 0.675. The van der Waals surface area contributed by atoms with Gasteiger partial charge >= 0.3 is 0 Å². The van der Waals surface area contributed by atoms with E-state index in [1.54, 1.807) is 0 Å². The molecule has 0 spiro atoms. The first-order valence-corrected chi connectivity index (χ1v) is 8.58. The summed E-state index contributed by atoms with van der Waals surface area (Å²) in [4.78, 5) is 13.9. The van der Waals surface area contributed by atoms with Gasteiger partial charge in [-0.25, -0.2) is 8.42 Å². The first kappa shape index (κ1) is 15.3. The molecule has 0 aliphatic carbocycles. The van der Waals surface area contributed by atoms with E-state index >= 15 is 0 Å². The Bertz CT molecular complexity index is 491. The molecule has 0 aromatic rings. The number of sulfone groups is 1. The van der Waals surface area contributed by atoms with Crippen molar-refractivity contribution in [3.05, 3.63) is 0 Å². The number of carbonyl (C=O) groups excluding carboxylic acids is 1. The first-order valence-electron chi connectivity index (χ1n) is 6.76. The van der Waals surface area contributed by atoms with Crippen LogP contribution in [0.1, 0.15) is 12.8 Å².